The molecule has 3 heteroatoms. The summed E-state index contributed by atoms with van der Waals surface area (Å²) in [5.74, 6) is 0.313. The van der Waals surface area contributed by atoms with Gasteiger partial charge in [0.15, 0.2) is 0 Å². The maximum absolute atomic E-state index is 9.24. The van der Waals surface area contributed by atoms with Gasteiger partial charge in [0.25, 0.3) is 0 Å². The standard InChI is InChI=1S/C12H20N2O/c1-9(13-2)12(14(3)4)10-5-7-11(15)8-6-10/h5-9,12-13,15H,1-4H3/t9-,12+/m0/s1. The average molecular weight is 208 g/mol. The van der Waals surface area contributed by atoms with Gasteiger partial charge in [-0.25, -0.2) is 0 Å². The Kier molecular flexibility index (Phi) is 4.12. The summed E-state index contributed by atoms with van der Waals surface area (Å²) in [7, 11) is 6.08. The van der Waals surface area contributed by atoms with Crippen LogP contribution in [0.25, 0.3) is 0 Å². The summed E-state index contributed by atoms with van der Waals surface area (Å²) in [6.07, 6.45) is 0. The lowest BCUT2D eigenvalue weighted by Crippen LogP contribution is -2.37. The van der Waals surface area contributed by atoms with Crippen LogP contribution in [-0.2, 0) is 0 Å². The molecule has 1 aromatic rings. The third-order valence-electron chi connectivity index (χ3n) is 2.72. The Hall–Kier alpha value is -1.06. The molecule has 0 saturated heterocycles. The Balaban J connectivity index is 2.94. The first-order valence-electron chi connectivity index (χ1n) is 5.19. The quantitative estimate of drug-likeness (QED) is 0.789. The van der Waals surface area contributed by atoms with Gasteiger partial charge in [-0.15, -0.1) is 0 Å². The number of nitrogens with one attached hydrogen (secondary N) is 1. The lowest BCUT2D eigenvalue weighted by Gasteiger charge is -2.30. The molecule has 1 rings (SSSR count). The third kappa shape index (κ3) is 2.94. The highest BCUT2D eigenvalue weighted by atomic mass is 16.3. The summed E-state index contributed by atoms with van der Waals surface area (Å²) in [4.78, 5) is 2.17. The van der Waals surface area contributed by atoms with Crippen LogP contribution in [0.15, 0.2) is 24.3 Å². The second-order valence-electron chi connectivity index (χ2n) is 4.08. The van der Waals surface area contributed by atoms with Crippen molar-refractivity contribution in [2.75, 3.05) is 21.1 Å². The molecule has 0 amide bonds. The fourth-order valence-electron chi connectivity index (χ4n) is 1.86. The SMILES string of the molecule is CN[C@@H](C)[C@H](c1ccc(O)cc1)N(C)C. The van der Waals surface area contributed by atoms with E-state index < -0.39 is 0 Å². The normalized spacial score (nSPS) is 15.3. The van der Waals surface area contributed by atoms with Crippen molar-refractivity contribution in [1.82, 2.24) is 10.2 Å². The number of nitrogens with zero attached hydrogens (tertiary/aromatic N) is 1. The van der Waals surface area contributed by atoms with E-state index in [9.17, 15) is 5.11 Å². The maximum Gasteiger partial charge on any atom is 0.115 e. The van der Waals surface area contributed by atoms with Crippen LogP contribution in [0.5, 0.6) is 5.75 Å². The van der Waals surface area contributed by atoms with E-state index >= 15 is 0 Å². The van der Waals surface area contributed by atoms with Crippen LogP contribution in [0, 0.1) is 0 Å². The molecule has 0 spiro atoms. The molecule has 0 aromatic heterocycles. The van der Waals surface area contributed by atoms with Crippen LogP contribution in [0.2, 0.25) is 0 Å². The molecule has 0 radical (unpaired) electrons. The molecule has 0 bridgehead atoms. The average Bonchev–Trinajstić information content (AvgIpc) is 2.20. The van der Waals surface area contributed by atoms with Crippen molar-refractivity contribution < 1.29 is 5.11 Å². The van der Waals surface area contributed by atoms with Crippen LogP contribution in [0.1, 0.15) is 18.5 Å². The number of phenols is 1. The van der Waals surface area contributed by atoms with Gasteiger partial charge in [-0.1, -0.05) is 12.1 Å². The molecule has 2 N–H and O–H groups in total. The fourth-order valence-corrected chi connectivity index (χ4v) is 1.86. The van der Waals surface area contributed by atoms with E-state index in [0.717, 1.165) is 0 Å². The van der Waals surface area contributed by atoms with E-state index in [2.05, 4.69) is 31.2 Å². The number of likely N-dealkylation sites (N-methyl/N-ethyl adjacent to an activating group) is 2. The fraction of sp³-hybridized carbons (Fsp3) is 0.500. The molecule has 0 aliphatic carbocycles. The van der Waals surface area contributed by atoms with Gasteiger partial charge in [0, 0.05) is 12.1 Å². The number of hydrogen-bond acceptors (Lipinski definition) is 3. The van der Waals surface area contributed by atoms with E-state index in [1.54, 1.807) is 12.1 Å². The summed E-state index contributed by atoms with van der Waals surface area (Å²) in [5, 5.41) is 12.5. The number of rotatable bonds is 4. The number of aromatic hydroxyl groups is 1. The Morgan fingerprint density at radius 2 is 1.73 bits per heavy atom. The summed E-state index contributed by atoms with van der Waals surface area (Å²) in [5.41, 5.74) is 1.21. The van der Waals surface area contributed by atoms with Gasteiger partial charge in [0.1, 0.15) is 5.75 Å². The number of benzene rings is 1. The first kappa shape index (κ1) is 12.0. The van der Waals surface area contributed by atoms with Gasteiger partial charge in [0.05, 0.1) is 0 Å². The van der Waals surface area contributed by atoms with Gasteiger partial charge in [-0.3, -0.25) is 0 Å². The van der Waals surface area contributed by atoms with Crippen molar-refractivity contribution in [3.8, 4) is 5.75 Å². The van der Waals surface area contributed by atoms with Crippen LogP contribution >= 0.6 is 0 Å². The molecule has 15 heavy (non-hydrogen) atoms. The van der Waals surface area contributed by atoms with Crippen molar-refractivity contribution in [3.63, 3.8) is 0 Å². The minimum atomic E-state index is 0.313. The van der Waals surface area contributed by atoms with Crippen LogP contribution in [0.3, 0.4) is 0 Å². The zero-order valence-corrected chi connectivity index (χ0v) is 9.86. The Bertz CT molecular complexity index is 295. The molecule has 3 nitrogen and oxygen atoms in total. The highest BCUT2D eigenvalue weighted by Crippen LogP contribution is 2.23. The molecular formula is C12H20N2O. The summed E-state index contributed by atoms with van der Waals surface area (Å²) in [6, 6.07) is 8.07. The molecule has 1 aromatic carbocycles. The summed E-state index contributed by atoms with van der Waals surface area (Å²) >= 11 is 0. The van der Waals surface area contributed by atoms with E-state index in [-0.39, 0.29) is 0 Å². The zero-order chi connectivity index (χ0) is 11.4. The minimum Gasteiger partial charge on any atom is -0.508 e. The molecule has 0 saturated carbocycles. The molecule has 0 heterocycles. The Morgan fingerprint density at radius 1 is 1.20 bits per heavy atom. The smallest absolute Gasteiger partial charge is 0.115 e. The Labute approximate surface area is 91.7 Å². The molecule has 2 atom stereocenters. The van der Waals surface area contributed by atoms with Gasteiger partial charge < -0.3 is 15.3 Å². The molecule has 0 aliphatic heterocycles. The lowest BCUT2D eigenvalue weighted by atomic mass is 9.99. The number of hydrogen-bond donors (Lipinski definition) is 2. The third-order valence-corrected chi connectivity index (χ3v) is 2.72. The van der Waals surface area contributed by atoms with E-state index in [1.807, 2.05) is 19.2 Å². The second-order valence-corrected chi connectivity index (χ2v) is 4.08. The van der Waals surface area contributed by atoms with Gasteiger partial charge in [-0.05, 0) is 45.8 Å². The van der Waals surface area contributed by atoms with Crippen molar-refractivity contribution in [1.29, 1.82) is 0 Å². The van der Waals surface area contributed by atoms with E-state index in [1.165, 1.54) is 5.56 Å². The van der Waals surface area contributed by atoms with Crippen LogP contribution < -0.4 is 5.32 Å². The van der Waals surface area contributed by atoms with E-state index in [4.69, 9.17) is 0 Å². The molecular weight excluding hydrogens is 188 g/mol. The van der Waals surface area contributed by atoms with Gasteiger partial charge in [-0.2, -0.15) is 0 Å². The largest absolute Gasteiger partial charge is 0.508 e. The van der Waals surface area contributed by atoms with Crippen molar-refractivity contribution in [2.45, 2.75) is 19.0 Å². The number of phenolic OH excluding ortho intramolecular Hbond substituents is 1. The van der Waals surface area contributed by atoms with Crippen molar-refractivity contribution in [3.05, 3.63) is 29.8 Å². The zero-order valence-electron chi connectivity index (χ0n) is 9.86. The predicted molar refractivity (Wildman–Crippen MR) is 63.1 cm³/mol. The van der Waals surface area contributed by atoms with Gasteiger partial charge >= 0.3 is 0 Å². The highest BCUT2D eigenvalue weighted by Gasteiger charge is 2.19. The molecule has 0 fully saturated rings. The van der Waals surface area contributed by atoms with Gasteiger partial charge in [0.2, 0.25) is 0 Å². The van der Waals surface area contributed by atoms with Crippen molar-refractivity contribution in [2.24, 2.45) is 0 Å². The van der Waals surface area contributed by atoms with Crippen LogP contribution in [-0.4, -0.2) is 37.2 Å². The first-order valence-corrected chi connectivity index (χ1v) is 5.19. The summed E-state index contributed by atoms with van der Waals surface area (Å²) in [6.45, 7) is 2.15. The lowest BCUT2D eigenvalue weighted by molar-refractivity contribution is 0.247. The molecule has 84 valence electrons. The highest BCUT2D eigenvalue weighted by molar-refractivity contribution is 5.28. The topological polar surface area (TPSA) is 35.5 Å². The Morgan fingerprint density at radius 3 is 2.13 bits per heavy atom. The molecule has 0 aliphatic rings. The summed E-state index contributed by atoms with van der Waals surface area (Å²) < 4.78 is 0. The maximum atomic E-state index is 9.24. The predicted octanol–water partition coefficient (Wildman–Crippen LogP) is 1.60. The molecule has 0 unspecified atom stereocenters. The first-order chi connectivity index (χ1) is 7.06. The van der Waals surface area contributed by atoms with Crippen LogP contribution in [0.4, 0.5) is 0 Å². The second kappa shape index (κ2) is 5.14. The van der Waals surface area contributed by atoms with Crippen molar-refractivity contribution >= 4 is 0 Å². The van der Waals surface area contributed by atoms with E-state index in [0.29, 0.717) is 17.8 Å². The minimum absolute atomic E-state index is 0.313. The monoisotopic (exact) mass is 208 g/mol.